The van der Waals surface area contributed by atoms with Crippen molar-refractivity contribution in [2.24, 2.45) is 0 Å². The van der Waals surface area contributed by atoms with E-state index in [1.165, 1.54) is 0 Å². The molecule has 7 nitrogen and oxygen atoms in total. The highest BCUT2D eigenvalue weighted by atomic mass is 16.5. The fourth-order valence-electron chi connectivity index (χ4n) is 3.11. The van der Waals surface area contributed by atoms with Crippen LogP contribution in [0.5, 0.6) is 17.2 Å². The summed E-state index contributed by atoms with van der Waals surface area (Å²) >= 11 is 0. The lowest BCUT2D eigenvalue weighted by molar-refractivity contribution is 0.354. The third-order valence-corrected chi connectivity index (χ3v) is 4.50. The molecule has 0 aliphatic rings. The van der Waals surface area contributed by atoms with Crippen molar-refractivity contribution in [3.8, 4) is 17.2 Å². The van der Waals surface area contributed by atoms with Crippen LogP contribution in [0.25, 0.3) is 21.9 Å². The van der Waals surface area contributed by atoms with Crippen molar-refractivity contribution in [1.29, 1.82) is 0 Å². The Morgan fingerprint density at radius 2 is 1.78 bits per heavy atom. The summed E-state index contributed by atoms with van der Waals surface area (Å²) in [7, 11) is 4.90. The first kappa shape index (κ1) is 17.0. The van der Waals surface area contributed by atoms with Crippen LogP contribution in [0.4, 0.5) is 5.82 Å². The summed E-state index contributed by atoms with van der Waals surface area (Å²) in [4.78, 5) is 12.2. The highest BCUT2D eigenvalue weighted by molar-refractivity contribution is 6.08. The molecule has 138 valence electrons. The van der Waals surface area contributed by atoms with Crippen LogP contribution >= 0.6 is 0 Å². The third-order valence-electron chi connectivity index (χ3n) is 4.50. The van der Waals surface area contributed by atoms with Crippen LogP contribution in [0.3, 0.4) is 0 Å². The highest BCUT2D eigenvalue weighted by Crippen LogP contribution is 2.31. The van der Waals surface area contributed by atoms with Crippen molar-refractivity contribution < 1.29 is 14.2 Å². The van der Waals surface area contributed by atoms with E-state index in [4.69, 9.17) is 14.2 Å². The maximum Gasteiger partial charge on any atom is 0.161 e. The van der Waals surface area contributed by atoms with E-state index in [1.807, 2.05) is 36.4 Å². The van der Waals surface area contributed by atoms with Crippen LogP contribution < -0.4 is 19.5 Å². The van der Waals surface area contributed by atoms with E-state index in [-0.39, 0.29) is 0 Å². The molecule has 27 heavy (non-hydrogen) atoms. The molecule has 0 amide bonds. The molecule has 2 aromatic carbocycles. The fourth-order valence-corrected chi connectivity index (χ4v) is 3.11. The van der Waals surface area contributed by atoms with Crippen LogP contribution in [0.2, 0.25) is 0 Å². The molecule has 0 fully saturated rings. The Kier molecular flexibility index (Phi) is 4.42. The lowest BCUT2D eigenvalue weighted by Gasteiger charge is -2.11. The maximum atomic E-state index is 5.36. The minimum Gasteiger partial charge on any atom is -0.497 e. The van der Waals surface area contributed by atoms with Gasteiger partial charge < -0.3 is 24.5 Å². The third kappa shape index (κ3) is 3.08. The molecule has 7 heteroatoms. The van der Waals surface area contributed by atoms with Gasteiger partial charge in [0, 0.05) is 17.4 Å². The van der Waals surface area contributed by atoms with Gasteiger partial charge in [0.1, 0.15) is 23.1 Å². The Hall–Kier alpha value is -3.48. The Morgan fingerprint density at radius 1 is 0.926 bits per heavy atom. The molecule has 0 aliphatic heterocycles. The smallest absolute Gasteiger partial charge is 0.161 e. The molecule has 0 unspecified atom stereocenters. The van der Waals surface area contributed by atoms with E-state index in [1.54, 1.807) is 27.7 Å². The average molecular weight is 364 g/mol. The largest absolute Gasteiger partial charge is 0.497 e. The van der Waals surface area contributed by atoms with Crippen molar-refractivity contribution in [2.45, 2.75) is 6.54 Å². The Bertz CT molecular complexity index is 1110. The number of aromatic amines is 1. The number of methoxy groups -OCH3 is 3. The SMILES string of the molecule is COc1ccc2[nH]c3c(NCc4ccc(OC)c(OC)c4)ncnc3c2c1. The van der Waals surface area contributed by atoms with Crippen LogP contribution in [-0.4, -0.2) is 36.3 Å². The monoisotopic (exact) mass is 364 g/mol. The number of nitrogens with zero attached hydrogens (tertiary/aromatic N) is 2. The topological polar surface area (TPSA) is 81.3 Å². The zero-order valence-electron chi connectivity index (χ0n) is 15.4. The van der Waals surface area contributed by atoms with Crippen LogP contribution in [-0.2, 0) is 6.54 Å². The van der Waals surface area contributed by atoms with Crippen molar-refractivity contribution >= 4 is 27.8 Å². The molecule has 0 bridgehead atoms. The van der Waals surface area contributed by atoms with Gasteiger partial charge in [-0.3, -0.25) is 0 Å². The van der Waals surface area contributed by atoms with E-state index in [0.717, 1.165) is 39.1 Å². The second-order valence-corrected chi connectivity index (χ2v) is 6.03. The molecular weight excluding hydrogens is 344 g/mol. The van der Waals surface area contributed by atoms with Gasteiger partial charge >= 0.3 is 0 Å². The normalized spacial score (nSPS) is 10.9. The lowest BCUT2D eigenvalue weighted by atomic mass is 10.2. The fraction of sp³-hybridized carbons (Fsp3) is 0.200. The van der Waals surface area contributed by atoms with Crippen LogP contribution in [0, 0.1) is 0 Å². The molecular formula is C20H20N4O3. The van der Waals surface area contributed by atoms with Crippen molar-refractivity contribution in [2.75, 3.05) is 26.6 Å². The highest BCUT2D eigenvalue weighted by Gasteiger charge is 2.12. The molecule has 0 aliphatic carbocycles. The minimum atomic E-state index is 0.588. The maximum absolute atomic E-state index is 5.36. The number of anilines is 1. The first-order chi connectivity index (χ1) is 13.2. The van der Waals surface area contributed by atoms with Gasteiger partial charge in [-0.05, 0) is 35.9 Å². The van der Waals surface area contributed by atoms with E-state index in [0.29, 0.717) is 18.0 Å². The lowest BCUT2D eigenvalue weighted by Crippen LogP contribution is -2.03. The molecule has 2 N–H and O–H groups in total. The van der Waals surface area contributed by atoms with Gasteiger partial charge in [-0.1, -0.05) is 6.07 Å². The summed E-state index contributed by atoms with van der Waals surface area (Å²) in [5.41, 5.74) is 3.76. The molecule has 0 atom stereocenters. The molecule has 4 aromatic rings. The van der Waals surface area contributed by atoms with E-state index in [9.17, 15) is 0 Å². The molecule has 0 saturated carbocycles. The van der Waals surface area contributed by atoms with Gasteiger partial charge in [-0.15, -0.1) is 0 Å². The summed E-state index contributed by atoms with van der Waals surface area (Å²) in [5, 5.41) is 4.37. The van der Waals surface area contributed by atoms with Gasteiger partial charge in [0.05, 0.1) is 21.3 Å². The van der Waals surface area contributed by atoms with E-state index in [2.05, 4.69) is 20.3 Å². The summed E-state index contributed by atoms with van der Waals surface area (Å²) in [6.07, 6.45) is 1.56. The predicted molar refractivity (Wildman–Crippen MR) is 105 cm³/mol. The number of nitrogens with one attached hydrogen (secondary N) is 2. The number of fused-ring (bicyclic) bond motifs is 3. The number of aromatic nitrogens is 3. The number of hydrogen-bond acceptors (Lipinski definition) is 6. The van der Waals surface area contributed by atoms with Gasteiger partial charge in [-0.25, -0.2) is 9.97 Å². The summed E-state index contributed by atoms with van der Waals surface area (Å²) in [6, 6.07) is 11.7. The molecule has 0 spiro atoms. The van der Waals surface area contributed by atoms with Crippen LogP contribution in [0.15, 0.2) is 42.7 Å². The molecule has 2 heterocycles. The van der Waals surface area contributed by atoms with Gasteiger partial charge in [0.2, 0.25) is 0 Å². The summed E-state index contributed by atoms with van der Waals surface area (Å²) in [6.45, 7) is 0.588. The summed E-state index contributed by atoms with van der Waals surface area (Å²) < 4.78 is 16.0. The van der Waals surface area contributed by atoms with Gasteiger partial charge in [0.25, 0.3) is 0 Å². The predicted octanol–water partition coefficient (Wildman–Crippen LogP) is 3.75. The number of hydrogen-bond donors (Lipinski definition) is 2. The van der Waals surface area contributed by atoms with Gasteiger partial charge in [-0.2, -0.15) is 0 Å². The van der Waals surface area contributed by atoms with Crippen molar-refractivity contribution in [3.63, 3.8) is 0 Å². The minimum absolute atomic E-state index is 0.588. The first-order valence-corrected chi connectivity index (χ1v) is 8.48. The Balaban J connectivity index is 1.66. The van der Waals surface area contributed by atoms with Gasteiger partial charge in [0.15, 0.2) is 17.3 Å². The van der Waals surface area contributed by atoms with Crippen molar-refractivity contribution in [1.82, 2.24) is 15.0 Å². The molecule has 2 aromatic heterocycles. The summed E-state index contributed by atoms with van der Waals surface area (Å²) in [5.74, 6) is 2.93. The Labute approximate surface area is 156 Å². The second-order valence-electron chi connectivity index (χ2n) is 6.03. The van der Waals surface area contributed by atoms with E-state index >= 15 is 0 Å². The number of H-pyrrole nitrogens is 1. The van der Waals surface area contributed by atoms with Crippen molar-refractivity contribution in [3.05, 3.63) is 48.3 Å². The standard InChI is InChI=1S/C20H20N4O3/c1-25-13-5-6-15-14(9-13)18-19(24-15)20(23-11-22-18)21-10-12-4-7-16(26-2)17(8-12)27-3/h4-9,11,24H,10H2,1-3H3,(H,21,22,23). The number of benzene rings is 2. The second kappa shape index (κ2) is 7.03. The zero-order chi connectivity index (χ0) is 18.8. The Morgan fingerprint density at radius 3 is 2.56 bits per heavy atom. The number of ether oxygens (including phenoxy) is 3. The average Bonchev–Trinajstić information content (AvgIpc) is 3.10. The molecule has 4 rings (SSSR count). The molecule has 0 saturated heterocycles. The number of rotatable bonds is 6. The van der Waals surface area contributed by atoms with Crippen LogP contribution in [0.1, 0.15) is 5.56 Å². The van der Waals surface area contributed by atoms with E-state index < -0.39 is 0 Å². The zero-order valence-corrected chi connectivity index (χ0v) is 15.4. The quantitative estimate of drug-likeness (QED) is 0.542. The molecule has 0 radical (unpaired) electrons. The first-order valence-electron chi connectivity index (χ1n) is 8.48.